The molecule has 1 amide bonds. The van der Waals surface area contributed by atoms with Crippen LogP contribution in [0.1, 0.15) is 27.3 Å². The maximum absolute atomic E-state index is 12.5. The number of nitrogens with zero attached hydrogens (tertiary/aromatic N) is 3. The predicted octanol–water partition coefficient (Wildman–Crippen LogP) is 3.01. The van der Waals surface area contributed by atoms with E-state index in [1.807, 2.05) is 44.2 Å². The molecule has 7 heteroatoms. The van der Waals surface area contributed by atoms with E-state index in [1.54, 1.807) is 20.1 Å². The lowest BCUT2D eigenvalue weighted by molar-refractivity contribution is 0.0941. The first-order valence-corrected chi connectivity index (χ1v) is 9.04. The highest BCUT2D eigenvalue weighted by Gasteiger charge is 2.16. The van der Waals surface area contributed by atoms with E-state index in [0.29, 0.717) is 30.3 Å². The summed E-state index contributed by atoms with van der Waals surface area (Å²) >= 11 is 0. The average molecular weight is 380 g/mol. The van der Waals surface area contributed by atoms with Crippen molar-refractivity contribution in [3.63, 3.8) is 0 Å². The molecule has 0 aliphatic rings. The van der Waals surface area contributed by atoms with Crippen LogP contribution in [0.4, 0.5) is 0 Å². The Morgan fingerprint density at radius 3 is 2.61 bits per heavy atom. The summed E-state index contributed by atoms with van der Waals surface area (Å²) in [5.74, 6) is 1.13. The molecule has 0 aliphatic heterocycles. The quantitative estimate of drug-likeness (QED) is 0.638. The van der Waals surface area contributed by atoms with Gasteiger partial charge in [-0.2, -0.15) is 9.90 Å². The molecule has 1 aromatic heterocycles. The molecule has 0 fully saturated rings. The summed E-state index contributed by atoms with van der Waals surface area (Å²) in [6.07, 6.45) is 0. The first-order chi connectivity index (χ1) is 13.5. The second-order valence-electron chi connectivity index (χ2n) is 6.50. The fraction of sp³-hybridized carbons (Fsp3) is 0.286. The molecule has 0 saturated carbocycles. The average Bonchev–Trinajstić information content (AvgIpc) is 3.06. The van der Waals surface area contributed by atoms with Crippen LogP contribution in [0.5, 0.6) is 11.5 Å². The van der Waals surface area contributed by atoms with Gasteiger partial charge in [-0.3, -0.25) is 4.79 Å². The summed E-state index contributed by atoms with van der Waals surface area (Å²) in [5, 5.41) is 11.6. The molecule has 3 rings (SSSR count). The van der Waals surface area contributed by atoms with Crippen molar-refractivity contribution in [3.8, 4) is 17.2 Å². The number of carbonyl (C=O) groups is 1. The second-order valence-corrected chi connectivity index (χ2v) is 6.50. The molecule has 0 bridgehead atoms. The monoisotopic (exact) mass is 380 g/mol. The zero-order chi connectivity index (χ0) is 20.1. The van der Waals surface area contributed by atoms with E-state index in [1.165, 1.54) is 10.4 Å². The highest BCUT2D eigenvalue weighted by Crippen LogP contribution is 2.18. The highest BCUT2D eigenvalue weighted by molar-refractivity contribution is 5.93. The normalized spacial score (nSPS) is 10.6. The number of rotatable bonds is 7. The molecule has 28 heavy (non-hydrogen) atoms. The van der Waals surface area contributed by atoms with Gasteiger partial charge >= 0.3 is 0 Å². The molecule has 1 N–H and O–H groups in total. The molecule has 3 aromatic rings. The van der Waals surface area contributed by atoms with Gasteiger partial charge in [0.05, 0.1) is 25.0 Å². The van der Waals surface area contributed by atoms with Crippen LogP contribution in [0.3, 0.4) is 0 Å². The lowest BCUT2D eigenvalue weighted by Gasteiger charge is -2.08. The largest absolute Gasteiger partial charge is 0.497 e. The van der Waals surface area contributed by atoms with Gasteiger partial charge in [0.2, 0.25) is 0 Å². The Hall–Kier alpha value is -3.35. The van der Waals surface area contributed by atoms with Crippen LogP contribution < -0.4 is 14.8 Å². The van der Waals surface area contributed by atoms with E-state index in [0.717, 1.165) is 17.0 Å². The van der Waals surface area contributed by atoms with Crippen molar-refractivity contribution in [1.29, 1.82) is 0 Å². The third kappa shape index (κ3) is 4.49. The highest BCUT2D eigenvalue weighted by atomic mass is 16.5. The van der Waals surface area contributed by atoms with Gasteiger partial charge in [-0.05, 0) is 44.5 Å². The Balaban J connectivity index is 1.59. The minimum Gasteiger partial charge on any atom is -0.497 e. The Bertz CT molecular complexity index is 982. The summed E-state index contributed by atoms with van der Waals surface area (Å²) < 4.78 is 10.8. The van der Waals surface area contributed by atoms with E-state index in [2.05, 4.69) is 21.6 Å². The van der Waals surface area contributed by atoms with Crippen molar-refractivity contribution < 1.29 is 14.3 Å². The smallest absolute Gasteiger partial charge is 0.273 e. The molecule has 7 nitrogen and oxygen atoms in total. The van der Waals surface area contributed by atoms with Crippen molar-refractivity contribution >= 4 is 5.91 Å². The van der Waals surface area contributed by atoms with Crippen molar-refractivity contribution in [2.45, 2.75) is 20.8 Å². The zero-order valence-corrected chi connectivity index (χ0v) is 16.5. The first kappa shape index (κ1) is 19.4. The molecular formula is C21H24N4O3. The number of hydrogen-bond acceptors (Lipinski definition) is 5. The number of carbonyl (C=O) groups excluding carboxylic acids is 1. The summed E-state index contributed by atoms with van der Waals surface area (Å²) in [5.41, 5.74) is 3.95. The van der Waals surface area contributed by atoms with Gasteiger partial charge in [0.15, 0.2) is 5.69 Å². The molecule has 0 spiro atoms. The van der Waals surface area contributed by atoms with Gasteiger partial charge in [0.1, 0.15) is 18.1 Å². The number of nitrogens with one attached hydrogen (secondary N) is 1. The minimum atomic E-state index is -0.275. The number of ether oxygens (including phenoxy) is 2. The van der Waals surface area contributed by atoms with E-state index >= 15 is 0 Å². The summed E-state index contributed by atoms with van der Waals surface area (Å²) in [6, 6.07) is 13.3. The topological polar surface area (TPSA) is 78.3 Å². The number of aromatic nitrogens is 3. The second kappa shape index (κ2) is 8.56. The number of benzene rings is 2. The molecular weight excluding hydrogens is 356 g/mol. The Kier molecular flexibility index (Phi) is 5.93. The van der Waals surface area contributed by atoms with Crippen molar-refractivity contribution in [2.24, 2.45) is 0 Å². The third-order valence-electron chi connectivity index (χ3n) is 4.26. The summed E-state index contributed by atoms with van der Waals surface area (Å²) in [6.45, 7) is 6.49. The van der Waals surface area contributed by atoms with E-state index in [-0.39, 0.29) is 5.91 Å². The van der Waals surface area contributed by atoms with Gasteiger partial charge in [-0.25, -0.2) is 0 Å². The van der Waals surface area contributed by atoms with E-state index in [4.69, 9.17) is 9.47 Å². The Morgan fingerprint density at radius 1 is 1.07 bits per heavy atom. The molecule has 146 valence electrons. The Morgan fingerprint density at radius 2 is 1.86 bits per heavy atom. The lowest BCUT2D eigenvalue weighted by atomic mass is 10.1. The third-order valence-corrected chi connectivity index (χ3v) is 4.26. The van der Waals surface area contributed by atoms with Crippen LogP contribution in [0, 0.1) is 20.8 Å². The first-order valence-electron chi connectivity index (χ1n) is 9.04. The van der Waals surface area contributed by atoms with Gasteiger partial charge in [-0.1, -0.05) is 23.8 Å². The number of methoxy groups -OCH3 is 1. The van der Waals surface area contributed by atoms with Crippen molar-refractivity contribution in [1.82, 2.24) is 20.3 Å². The number of hydrogen-bond donors (Lipinski definition) is 1. The maximum atomic E-state index is 12.5. The SMILES string of the molecule is COc1cccc(OCCNC(=O)c2nn(-c3ccc(C)cc3C)nc2C)c1. The molecule has 2 aromatic carbocycles. The summed E-state index contributed by atoms with van der Waals surface area (Å²) in [7, 11) is 1.60. The summed E-state index contributed by atoms with van der Waals surface area (Å²) in [4.78, 5) is 14.0. The van der Waals surface area contributed by atoms with E-state index < -0.39 is 0 Å². The van der Waals surface area contributed by atoms with Gasteiger partial charge in [-0.15, -0.1) is 5.10 Å². The molecule has 0 radical (unpaired) electrons. The molecule has 0 atom stereocenters. The van der Waals surface area contributed by atoms with Crippen LogP contribution in [-0.4, -0.2) is 41.2 Å². The molecule has 1 heterocycles. The van der Waals surface area contributed by atoms with Crippen molar-refractivity contribution in [2.75, 3.05) is 20.3 Å². The van der Waals surface area contributed by atoms with Gasteiger partial charge < -0.3 is 14.8 Å². The van der Waals surface area contributed by atoms with Crippen LogP contribution in [0.15, 0.2) is 42.5 Å². The molecule has 0 aliphatic carbocycles. The standard InChI is InChI=1S/C21H24N4O3/c1-14-8-9-19(15(2)12-14)25-23-16(3)20(24-25)21(26)22-10-11-28-18-7-5-6-17(13-18)27-4/h5-9,12-13H,10-11H2,1-4H3,(H,22,26). The molecule has 0 saturated heterocycles. The van der Waals surface area contributed by atoms with Gasteiger partial charge in [0, 0.05) is 6.07 Å². The fourth-order valence-electron chi connectivity index (χ4n) is 2.83. The molecule has 0 unspecified atom stereocenters. The van der Waals surface area contributed by atoms with Gasteiger partial charge in [0.25, 0.3) is 5.91 Å². The van der Waals surface area contributed by atoms with Crippen LogP contribution in [0.25, 0.3) is 5.69 Å². The number of aryl methyl sites for hydroxylation is 3. The van der Waals surface area contributed by atoms with Crippen LogP contribution in [0.2, 0.25) is 0 Å². The van der Waals surface area contributed by atoms with Crippen molar-refractivity contribution in [3.05, 3.63) is 65.0 Å². The maximum Gasteiger partial charge on any atom is 0.273 e. The zero-order valence-electron chi connectivity index (χ0n) is 16.5. The Labute approximate surface area is 164 Å². The predicted molar refractivity (Wildman–Crippen MR) is 106 cm³/mol. The lowest BCUT2D eigenvalue weighted by Crippen LogP contribution is -2.29. The minimum absolute atomic E-state index is 0.275. The fourth-order valence-corrected chi connectivity index (χ4v) is 2.83. The van der Waals surface area contributed by atoms with E-state index in [9.17, 15) is 4.79 Å². The van der Waals surface area contributed by atoms with Crippen LogP contribution in [-0.2, 0) is 0 Å². The van der Waals surface area contributed by atoms with Crippen LogP contribution >= 0.6 is 0 Å². The number of amides is 1.